The fourth-order valence-corrected chi connectivity index (χ4v) is 3.34. The Morgan fingerprint density at radius 3 is 2.89 bits per heavy atom. The molecule has 8 heteroatoms. The van der Waals surface area contributed by atoms with Gasteiger partial charge in [-0.15, -0.1) is 0 Å². The van der Waals surface area contributed by atoms with Crippen LogP contribution >= 0.6 is 11.6 Å². The van der Waals surface area contributed by atoms with Crippen molar-refractivity contribution >= 4 is 21.6 Å². The van der Waals surface area contributed by atoms with Gasteiger partial charge in [0.1, 0.15) is 10.0 Å². The molecule has 2 aromatic heterocycles. The summed E-state index contributed by atoms with van der Waals surface area (Å²) in [6, 6.07) is 2.65. The molecule has 19 heavy (non-hydrogen) atoms. The third-order valence-corrected chi connectivity index (χ3v) is 4.45. The van der Waals surface area contributed by atoms with E-state index in [0.29, 0.717) is 6.54 Å². The number of nitrogens with zero attached hydrogens (tertiary/aromatic N) is 3. The molecule has 0 bridgehead atoms. The maximum absolute atomic E-state index is 12.1. The second-order valence-electron chi connectivity index (χ2n) is 4.07. The fraction of sp³-hybridized carbons (Fsp3) is 0.273. The number of aromatic nitrogens is 3. The number of hydrogen-bond acceptors (Lipinski definition) is 4. The lowest BCUT2D eigenvalue weighted by Crippen LogP contribution is -2.35. The highest BCUT2D eigenvalue weighted by Crippen LogP contribution is 2.17. The predicted molar refractivity (Wildman–Crippen MR) is 71.3 cm³/mol. The van der Waals surface area contributed by atoms with Crippen molar-refractivity contribution in [2.75, 3.05) is 0 Å². The van der Waals surface area contributed by atoms with Crippen molar-refractivity contribution in [2.45, 2.75) is 24.4 Å². The van der Waals surface area contributed by atoms with Gasteiger partial charge in [0.2, 0.25) is 10.0 Å². The molecule has 0 amide bonds. The van der Waals surface area contributed by atoms with Gasteiger partial charge in [0, 0.05) is 31.2 Å². The third kappa shape index (κ3) is 3.52. The Bertz CT molecular complexity index is 642. The van der Waals surface area contributed by atoms with E-state index in [0.717, 1.165) is 0 Å². The number of nitrogens with one attached hydrogen (secondary N) is 1. The molecule has 0 saturated heterocycles. The van der Waals surface area contributed by atoms with Crippen LogP contribution in [0, 0.1) is 0 Å². The van der Waals surface area contributed by atoms with Gasteiger partial charge in [0.05, 0.1) is 6.33 Å². The van der Waals surface area contributed by atoms with Crippen LogP contribution in [-0.2, 0) is 16.6 Å². The molecule has 1 N–H and O–H groups in total. The summed E-state index contributed by atoms with van der Waals surface area (Å²) >= 11 is 5.79. The summed E-state index contributed by atoms with van der Waals surface area (Å²) in [5.74, 6) is 0. The fourth-order valence-electron chi connectivity index (χ4n) is 1.65. The summed E-state index contributed by atoms with van der Waals surface area (Å²) in [5.41, 5.74) is 0. The first-order chi connectivity index (χ1) is 8.99. The largest absolute Gasteiger partial charge is 0.336 e. The molecule has 0 radical (unpaired) electrons. The molecule has 2 rings (SSSR count). The maximum atomic E-state index is 12.1. The Labute approximate surface area is 116 Å². The van der Waals surface area contributed by atoms with Gasteiger partial charge in [-0.25, -0.2) is 23.1 Å². The first-order valence-electron chi connectivity index (χ1n) is 5.57. The molecule has 0 saturated carbocycles. The summed E-state index contributed by atoms with van der Waals surface area (Å²) in [6.45, 7) is 2.25. The van der Waals surface area contributed by atoms with Crippen LogP contribution in [0.15, 0.2) is 41.9 Å². The second-order valence-corrected chi connectivity index (χ2v) is 6.11. The topological polar surface area (TPSA) is 76.9 Å². The smallest absolute Gasteiger partial charge is 0.243 e. The van der Waals surface area contributed by atoms with E-state index in [4.69, 9.17) is 11.6 Å². The molecule has 2 heterocycles. The third-order valence-electron chi connectivity index (χ3n) is 2.41. The van der Waals surface area contributed by atoms with Crippen LogP contribution in [0.25, 0.3) is 0 Å². The van der Waals surface area contributed by atoms with Gasteiger partial charge in [-0.3, -0.25) is 0 Å². The number of halogens is 1. The highest BCUT2D eigenvalue weighted by atomic mass is 35.5. The lowest BCUT2D eigenvalue weighted by molar-refractivity contribution is 0.520. The van der Waals surface area contributed by atoms with E-state index < -0.39 is 10.0 Å². The summed E-state index contributed by atoms with van der Waals surface area (Å²) in [4.78, 5) is 7.64. The Balaban J connectivity index is 2.11. The molecule has 102 valence electrons. The zero-order valence-corrected chi connectivity index (χ0v) is 11.8. The molecule has 1 atom stereocenters. The van der Waals surface area contributed by atoms with Crippen LogP contribution in [0.4, 0.5) is 0 Å². The molecule has 0 fully saturated rings. The molecular weight excluding hydrogens is 288 g/mol. The van der Waals surface area contributed by atoms with Crippen LogP contribution in [0.3, 0.4) is 0 Å². The van der Waals surface area contributed by atoms with E-state index in [2.05, 4.69) is 14.7 Å². The lowest BCUT2D eigenvalue weighted by Gasteiger charge is -2.15. The van der Waals surface area contributed by atoms with Crippen molar-refractivity contribution in [3.63, 3.8) is 0 Å². The van der Waals surface area contributed by atoms with E-state index in [9.17, 15) is 8.42 Å². The van der Waals surface area contributed by atoms with Crippen LogP contribution in [0.5, 0.6) is 0 Å². The van der Waals surface area contributed by atoms with Crippen molar-refractivity contribution in [2.24, 2.45) is 0 Å². The molecule has 6 nitrogen and oxygen atoms in total. The lowest BCUT2D eigenvalue weighted by atomic mass is 10.4. The number of sulfonamides is 1. The minimum absolute atomic E-state index is 0.0193. The molecule has 2 aromatic rings. The van der Waals surface area contributed by atoms with Gasteiger partial charge >= 0.3 is 0 Å². The van der Waals surface area contributed by atoms with E-state index in [1.807, 2.05) is 0 Å². The van der Waals surface area contributed by atoms with Gasteiger partial charge in [-0.2, -0.15) is 0 Å². The monoisotopic (exact) mass is 300 g/mol. The average molecular weight is 301 g/mol. The number of pyridine rings is 1. The summed E-state index contributed by atoms with van der Waals surface area (Å²) in [7, 11) is -3.67. The SMILES string of the molecule is CC(Cn1ccnc1)NS(=O)(=O)c1cccnc1Cl. The van der Waals surface area contributed by atoms with Crippen molar-refractivity contribution in [1.29, 1.82) is 0 Å². The number of rotatable bonds is 5. The Morgan fingerprint density at radius 1 is 1.47 bits per heavy atom. The van der Waals surface area contributed by atoms with Crippen molar-refractivity contribution in [1.82, 2.24) is 19.3 Å². The molecule has 0 aliphatic carbocycles. The molecule has 0 spiro atoms. The quantitative estimate of drug-likeness (QED) is 0.844. The van der Waals surface area contributed by atoms with Crippen molar-refractivity contribution < 1.29 is 8.42 Å². The normalized spacial score (nSPS) is 13.4. The molecular formula is C11H13ClN4O2S. The van der Waals surface area contributed by atoms with Crippen LogP contribution in [0.1, 0.15) is 6.92 Å². The van der Waals surface area contributed by atoms with Gasteiger partial charge < -0.3 is 4.57 Å². The van der Waals surface area contributed by atoms with Crippen LogP contribution in [0.2, 0.25) is 5.15 Å². The predicted octanol–water partition coefficient (Wildman–Crippen LogP) is 1.30. The standard InChI is InChI=1S/C11H13ClN4O2S/c1-9(7-16-6-5-13-8-16)15-19(17,18)10-3-2-4-14-11(10)12/h2-6,8-9,15H,7H2,1H3. The maximum Gasteiger partial charge on any atom is 0.243 e. The van der Waals surface area contributed by atoms with E-state index >= 15 is 0 Å². The van der Waals surface area contributed by atoms with Gasteiger partial charge in [0.25, 0.3) is 0 Å². The molecule has 1 unspecified atom stereocenters. The van der Waals surface area contributed by atoms with E-state index in [1.54, 1.807) is 30.2 Å². The number of imidazole rings is 1. The Hall–Kier alpha value is -1.44. The first kappa shape index (κ1) is 14.0. The van der Waals surface area contributed by atoms with Gasteiger partial charge in [0.15, 0.2) is 0 Å². The number of hydrogen-bond donors (Lipinski definition) is 1. The highest BCUT2D eigenvalue weighted by Gasteiger charge is 2.20. The minimum atomic E-state index is -3.67. The van der Waals surface area contributed by atoms with Gasteiger partial charge in [-0.1, -0.05) is 11.6 Å². The summed E-state index contributed by atoms with van der Waals surface area (Å²) in [5, 5.41) is -0.0372. The van der Waals surface area contributed by atoms with Crippen LogP contribution < -0.4 is 4.72 Å². The molecule has 0 aliphatic rings. The average Bonchev–Trinajstić information content (AvgIpc) is 2.81. The second kappa shape index (κ2) is 5.68. The zero-order valence-electron chi connectivity index (χ0n) is 10.2. The molecule has 0 aromatic carbocycles. The zero-order chi connectivity index (χ0) is 13.9. The Morgan fingerprint density at radius 2 is 2.26 bits per heavy atom. The highest BCUT2D eigenvalue weighted by molar-refractivity contribution is 7.89. The molecule has 0 aliphatic heterocycles. The summed E-state index contributed by atoms with van der Waals surface area (Å²) in [6.07, 6.45) is 6.47. The van der Waals surface area contributed by atoms with Crippen LogP contribution in [-0.4, -0.2) is 29.0 Å². The van der Waals surface area contributed by atoms with E-state index in [-0.39, 0.29) is 16.1 Å². The van der Waals surface area contributed by atoms with Crippen molar-refractivity contribution in [3.8, 4) is 0 Å². The Kier molecular flexibility index (Phi) is 4.18. The first-order valence-corrected chi connectivity index (χ1v) is 7.44. The van der Waals surface area contributed by atoms with E-state index in [1.165, 1.54) is 18.3 Å². The summed E-state index contributed by atoms with van der Waals surface area (Å²) < 4.78 is 28.6. The minimum Gasteiger partial charge on any atom is -0.336 e. The van der Waals surface area contributed by atoms with Crippen molar-refractivity contribution in [3.05, 3.63) is 42.2 Å². The van der Waals surface area contributed by atoms with Gasteiger partial charge in [-0.05, 0) is 19.1 Å².